The molecule has 0 saturated heterocycles. The monoisotopic (exact) mass is 480 g/mol. The topological polar surface area (TPSA) is 101 Å². The molecule has 0 aliphatic heterocycles. The number of hydrogen-bond donors (Lipinski definition) is 2. The molecule has 0 atom stereocenters. The Bertz CT molecular complexity index is 1170. The third-order valence-corrected chi connectivity index (χ3v) is 6.63. The quantitative estimate of drug-likeness (QED) is 0.515. The standard InChI is InChI=1S/C15H8Cl3FN4O3S2/c16-7-1-3-9(10(17)5-7)13(24)20-14-21-22-15(27-14)28(25,26)23-8-2-4-12(19)11(18)6-8/h1-6,23H,(H,20,21,24). The Kier molecular flexibility index (Phi) is 6.06. The molecule has 2 aromatic carbocycles. The molecule has 13 heteroatoms. The Labute approximate surface area is 177 Å². The van der Waals surface area contributed by atoms with E-state index in [-0.39, 0.29) is 26.4 Å². The van der Waals surface area contributed by atoms with Crippen molar-refractivity contribution in [2.24, 2.45) is 0 Å². The number of carbonyl (C=O) groups excluding carboxylic acids is 1. The van der Waals surface area contributed by atoms with E-state index in [0.717, 1.165) is 12.1 Å². The van der Waals surface area contributed by atoms with Gasteiger partial charge in [-0.3, -0.25) is 14.8 Å². The lowest BCUT2D eigenvalue weighted by Crippen LogP contribution is -2.12. The summed E-state index contributed by atoms with van der Waals surface area (Å²) in [4.78, 5) is 12.3. The molecule has 0 unspecified atom stereocenters. The first-order chi connectivity index (χ1) is 13.2. The van der Waals surface area contributed by atoms with Crippen LogP contribution in [0.4, 0.5) is 15.2 Å². The third-order valence-electron chi connectivity index (χ3n) is 3.20. The van der Waals surface area contributed by atoms with Gasteiger partial charge in [0.1, 0.15) is 5.82 Å². The van der Waals surface area contributed by atoms with Crippen molar-refractivity contribution in [3.05, 3.63) is 62.8 Å². The van der Waals surface area contributed by atoms with Crippen molar-refractivity contribution >= 4 is 72.9 Å². The average Bonchev–Trinajstić information content (AvgIpc) is 3.07. The van der Waals surface area contributed by atoms with Gasteiger partial charge in [-0.25, -0.2) is 4.39 Å². The summed E-state index contributed by atoms with van der Waals surface area (Å²) in [6.45, 7) is 0. The Morgan fingerprint density at radius 3 is 2.46 bits per heavy atom. The lowest BCUT2D eigenvalue weighted by atomic mass is 10.2. The summed E-state index contributed by atoms with van der Waals surface area (Å²) in [6, 6.07) is 7.62. The van der Waals surface area contributed by atoms with Gasteiger partial charge < -0.3 is 0 Å². The number of nitrogens with one attached hydrogen (secondary N) is 2. The molecule has 1 heterocycles. The molecule has 28 heavy (non-hydrogen) atoms. The van der Waals surface area contributed by atoms with E-state index in [0.29, 0.717) is 16.4 Å². The normalized spacial score (nSPS) is 11.3. The van der Waals surface area contributed by atoms with Gasteiger partial charge in [0.2, 0.25) is 5.13 Å². The van der Waals surface area contributed by atoms with E-state index in [1.54, 1.807) is 0 Å². The minimum Gasteiger partial charge on any atom is -0.296 e. The van der Waals surface area contributed by atoms with E-state index in [9.17, 15) is 17.6 Å². The zero-order valence-corrected chi connectivity index (χ0v) is 17.3. The molecule has 1 amide bonds. The summed E-state index contributed by atoms with van der Waals surface area (Å²) >= 11 is 18.0. The molecular weight excluding hydrogens is 474 g/mol. The van der Waals surface area contributed by atoms with Gasteiger partial charge in [0.05, 0.1) is 21.3 Å². The van der Waals surface area contributed by atoms with Gasteiger partial charge in [0, 0.05) is 5.02 Å². The number of benzene rings is 2. The van der Waals surface area contributed by atoms with Crippen LogP contribution in [-0.2, 0) is 10.0 Å². The van der Waals surface area contributed by atoms with Crippen molar-refractivity contribution in [2.75, 3.05) is 10.0 Å². The molecule has 146 valence electrons. The van der Waals surface area contributed by atoms with Crippen LogP contribution in [-0.4, -0.2) is 24.5 Å². The van der Waals surface area contributed by atoms with Crippen molar-refractivity contribution in [1.82, 2.24) is 10.2 Å². The number of carbonyl (C=O) groups is 1. The Balaban J connectivity index is 1.77. The van der Waals surface area contributed by atoms with E-state index in [1.165, 1.54) is 24.3 Å². The lowest BCUT2D eigenvalue weighted by Gasteiger charge is -2.05. The molecule has 0 spiro atoms. The minimum absolute atomic E-state index is 0.0418. The van der Waals surface area contributed by atoms with Crippen LogP contribution in [0, 0.1) is 5.82 Å². The number of rotatable bonds is 5. The Hall–Kier alpha value is -1.98. The second-order valence-corrected chi connectivity index (χ2v) is 9.27. The molecule has 3 rings (SSSR count). The van der Waals surface area contributed by atoms with Crippen molar-refractivity contribution in [3.8, 4) is 0 Å². The molecule has 3 aromatic rings. The first-order valence-corrected chi connectivity index (χ1v) is 10.7. The summed E-state index contributed by atoms with van der Waals surface area (Å²) < 4.78 is 39.7. The summed E-state index contributed by atoms with van der Waals surface area (Å²) in [5, 5.41) is 9.76. The van der Waals surface area contributed by atoms with E-state index in [2.05, 4.69) is 20.2 Å². The highest BCUT2D eigenvalue weighted by molar-refractivity contribution is 7.94. The van der Waals surface area contributed by atoms with Crippen molar-refractivity contribution < 1.29 is 17.6 Å². The van der Waals surface area contributed by atoms with Crippen LogP contribution < -0.4 is 10.0 Å². The van der Waals surface area contributed by atoms with E-state index in [1.807, 2.05) is 0 Å². The zero-order valence-electron chi connectivity index (χ0n) is 13.4. The molecule has 7 nitrogen and oxygen atoms in total. The Morgan fingerprint density at radius 2 is 1.79 bits per heavy atom. The van der Waals surface area contributed by atoms with Gasteiger partial charge in [0.15, 0.2) is 0 Å². The molecule has 0 aliphatic rings. The van der Waals surface area contributed by atoms with Crippen LogP contribution >= 0.6 is 46.1 Å². The number of hydrogen-bond acceptors (Lipinski definition) is 6. The maximum Gasteiger partial charge on any atom is 0.291 e. The van der Waals surface area contributed by atoms with Crippen LogP contribution in [0.5, 0.6) is 0 Å². The average molecular weight is 482 g/mol. The molecule has 0 aliphatic carbocycles. The molecule has 2 N–H and O–H groups in total. The van der Waals surface area contributed by atoms with E-state index in [4.69, 9.17) is 34.8 Å². The van der Waals surface area contributed by atoms with Crippen LogP contribution in [0.25, 0.3) is 0 Å². The van der Waals surface area contributed by atoms with Gasteiger partial charge in [-0.1, -0.05) is 46.1 Å². The maximum absolute atomic E-state index is 13.2. The van der Waals surface area contributed by atoms with Gasteiger partial charge in [0.25, 0.3) is 20.3 Å². The highest BCUT2D eigenvalue weighted by Gasteiger charge is 2.22. The second kappa shape index (κ2) is 8.18. The number of aromatic nitrogens is 2. The highest BCUT2D eigenvalue weighted by Crippen LogP contribution is 2.26. The summed E-state index contributed by atoms with van der Waals surface area (Å²) in [7, 11) is -4.12. The number of anilines is 2. The molecule has 1 aromatic heterocycles. The third kappa shape index (κ3) is 4.70. The summed E-state index contributed by atoms with van der Waals surface area (Å²) in [5.41, 5.74) is 0.171. The van der Waals surface area contributed by atoms with Crippen LogP contribution in [0.3, 0.4) is 0 Å². The van der Waals surface area contributed by atoms with Gasteiger partial charge >= 0.3 is 0 Å². The predicted octanol–water partition coefficient (Wildman–Crippen LogP) is 4.69. The van der Waals surface area contributed by atoms with Crippen molar-refractivity contribution in [3.63, 3.8) is 0 Å². The van der Waals surface area contributed by atoms with E-state index >= 15 is 0 Å². The lowest BCUT2D eigenvalue weighted by molar-refractivity contribution is 0.102. The fourth-order valence-electron chi connectivity index (χ4n) is 1.97. The van der Waals surface area contributed by atoms with Gasteiger partial charge in [-0.05, 0) is 36.4 Å². The first kappa shape index (κ1) is 20.7. The largest absolute Gasteiger partial charge is 0.296 e. The number of nitrogens with zero attached hydrogens (tertiary/aromatic N) is 2. The second-order valence-electron chi connectivity index (χ2n) is 5.19. The predicted molar refractivity (Wildman–Crippen MR) is 107 cm³/mol. The van der Waals surface area contributed by atoms with E-state index < -0.39 is 26.1 Å². The molecule has 0 radical (unpaired) electrons. The first-order valence-electron chi connectivity index (χ1n) is 7.23. The van der Waals surface area contributed by atoms with Crippen molar-refractivity contribution in [1.29, 1.82) is 0 Å². The zero-order chi connectivity index (χ0) is 20.5. The van der Waals surface area contributed by atoms with Gasteiger partial charge in [-0.15, -0.1) is 10.2 Å². The smallest absolute Gasteiger partial charge is 0.291 e. The SMILES string of the molecule is O=C(Nc1nnc(S(=O)(=O)Nc2ccc(F)c(Cl)c2)s1)c1ccc(Cl)cc1Cl. The van der Waals surface area contributed by atoms with Crippen LogP contribution in [0.2, 0.25) is 15.1 Å². The van der Waals surface area contributed by atoms with Crippen molar-refractivity contribution in [2.45, 2.75) is 4.34 Å². The highest BCUT2D eigenvalue weighted by atomic mass is 35.5. The maximum atomic E-state index is 13.2. The fourth-order valence-corrected chi connectivity index (χ4v) is 4.59. The summed E-state index contributed by atoms with van der Waals surface area (Å²) in [5.74, 6) is -1.30. The molecule has 0 fully saturated rings. The van der Waals surface area contributed by atoms with Gasteiger partial charge in [-0.2, -0.15) is 8.42 Å². The minimum atomic E-state index is -4.12. The number of amides is 1. The molecule has 0 bridgehead atoms. The molecule has 0 saturated carbocycles. The fraction of sp³-hybridized carbons (Fsp3) is 0. The number of sulfonamides is 1. The molecular formula is C15H8Cl3FN4O3S2. The van der Waals surface area contributed by atoms with Crippen LogP contribution in [0.15, 0.2) is 40.7 Å². The van der Waals surface area contributed by atoms with Crippen LogP contribution in [0.1, 0.15) is 10.4 Å². The Morgan fingerprint density at radius 1 is 1.04 bits per heavy atom. The summed E-state index contributed by atoms with van der Waals surface area (Å²) in [6.07, 6.45) is 0. The number of halogens is 4.